The van der Waals surface area contributed by atoms with Crippen molar-refractivity contribution < 1.29 is 9.47 Å². The molecule has 19 heavy (non-hydrogen) atoms. The predicted molar refractivity (Wildman–Crippen MR) is 77.6 cm³/mol. The highest BCUT2D eigenvalue weighted by Gasteiger charge is 2.16. The minimum atomic E-state index is 0.343. The van der Waals surface area contributed by atoms with Gasteiger partial charge in [0.05, 0.1) is 12.7 Å². The van der Waals surface area contributed by atoms with Gasteiger partial charge in [-0.15, -0.1) is 0 Å². The van der Waals surface area contributed by atoms with Gasteiger partial charge in [-0.1, -0.05) is 12.1 Å². The number of rotatable bonds is 7. The van der Waals surface area contributed by atoms with E-state index in [2.05, 4.69) is 36.5 Å². The molecule has 1 aromatic carbocycles. The van der Waals surface area contributed by atoms with E-state index in [0.717, 1.165) is 18.9 Å². The quantitative estimate of drug-likeness (QED) is 0.766. The van der Waals surface area contributed by atoms with Crippen LogP contribution in [0.4, 0.5) is 0 Å². The van der Waals surface area contributed by atoms with Gasteiger partial charge in [-0.3, -0.25) is 0 Å². The molecule has 1 atom stereocenters. The second-order valence-corrected chi connectivity index (χ2v) is 5.26. The zero-order valence-electron chi connectivity index (χ0n) is 12.0. The van der Waals surface area contributed by atoms with E-state index < -0.39 is 0 Å². The molecule has 1 aromatic rings. The van der Waals surface area contributed by atoms with Crippen molar-refractivity contribution in [2.24, 2.45) is 0 Å². The van der Waals surface area contributed by atoms with Gasteiger partial charge in [0.1, 0.15) is 5.75 Å². The number of nitrogens with one attached hydrogen (secondary N) is 1. The van der Waals surface area contributed by atoms with Gasteiger partial charge in [-0.05, 0) is 50.3 Å². The summed E-state index contributed by atoms with van der Waals surface area (Å²) in [6.07, 6.45) is 5.46. The highest BCUT2D eigenvalue weighted by molar-refractivity contribution is 5.29. The first-order valence-corrected chi connectivity index (χ1v) is 7.28. The first kappa shape index (κ1) is 14.4. The van der Waals surface area contributed by atoms with Crippen LogP contribution >= 0.6 is 0 Å². The van der Waals surface area contributed by atoms with Crippen LogP contribution in [-0.2, 0) is 4.74 Å². The van der Waals surface area contributed by atoms with Gasteiger partial charge in [0.25, 0.3) is 0 Å². The summed E-state index contributed by atoms with van der Waals surface area (Å²) >= 11 is 0. The Morgan fingerprint density at radius 2 is 1.89 bits per heavy atom. The lowest BCUT2D eigenvalue weighted by Crippen LogP contribution is -2.22. The van der Waals surface area contributed by atoms with Gasteiger partial charge in [-0.2, -0.15) is 0 Å². The molecule has 0 amide bonds. The molecule has 0 heterocycles. The molecule has 0 saturated heterocycles. The summed E-state index contributed by atoms with van der Waals surface area (Å²) in [7, 11) is 1.72. The molecule has 1 saturated carbocycles. The Kier molecular flexibility index (Phi) is 5.67. The summed E-state index contributed by atoms with van der Waals surface area (Å²) in [5.41, 5.74) is 1.29. The maximum absolute atomic E-state index is 5.97. The van der Waals surface area contributed by atoms with Crippen molar-refractivity contribution in [1.82, 2.24) is 5.32 Å². The molecule has 1 fully saturated rings. The highest BCUT2D eigenvalue weighted by atomic mass is 16.5. The summed E-state index contributed by atoms with van der Waals surface area (Å²) in [4.78, 5) is 0. The molecule has 0 radical (unpaired) electrons. The largest absolute Gasteiger partial charge is 0.490 e. The average Bonchev–Trinajstić information content (AvgIpc) is 2.93. The van der Waals surface area contributed by atoms with Gasteiger partial charge in [0.15, 0.2) is 0 Å². The lowest BCUT2D eigenvalue weighted by Gasteiger charge is -2.16. The molecule has 3 nitrogen and oxygen atoms in total. The van der Waals surface area contributed by atoms with Crippen LogP contribution in [0.2, 0.25) is 0 Å². The van der Waals surface area contributed by atoms with Gasteiger partial charge >= 0.3 is 0 Å². The van der Waals surface area contributed by atoms with Gasteiger partial charge in [-0.25, -0.2) is 0 Å². The fourth-order valence-corrected chi connectivity index (χ4v) is 2.53. The zero-order valence-corrected chi connectivity index (χ0v) is 12.0. The molecule has 1 aliphatic carbocycles. The Morgan fingerprint density at radius 3 is 2.53 bits per heavy atom. The van der Waals surface area contributed by atoms with E-state index in [1.807, 2.05) is 0 Å². The summed E-state index contributed by atoms with van der Waals surface area (Å²) < 4.78 is 11.0. The molecule has 0 aliphatic heterocycles. The lowest BCUT2D eigenvalue weighted by atomic mass is 10.1. The molecule has 2 rings (SSSR count). The molecule has 0 spiro atoms. The van der Waals surface area contributed by atoms with Crippen molar-refractivity contribution in [3.63, 3.8) is 0 Å². The predicted octanol–water partition coefficient (Wildman–Crippen LogP) is 3.31. The third kappa shape index (κ3) is 4.51. The van der Waals surface area contributed by atoms with E-state index in [4.69, 9.17) is 9.47 Å². The van der Waals surface area contributed by atoms with Crippen LogP contribution in [0.3, 0.4) is 0 Å². The number of ether oxygens (including phenoxy) is 2. The molecule has 0 bridgehead atoms. The van der Waals surface area contributed by atoms with E-state index in [0.29, 0.717) is 12.1 Å². The van der Waals surface area contributed by atoms with Crippen LogP contribution < -0.4 is 10.1 Å². The van der Waals surface area contributed by atoms with Gasteiger partial charge < -0.3 is 14.8 Å². The Bertz CT molecular complexity index is 358. The molecule has 106 valence electrons. The molecule has 1 aliphatic rings. The number of methoxy groups -OCH3 is 1. The van der Waals surface area contributed by atoms with E-state index in [1.165, 1.54) is 31.2 Å². The second kappa shape index (κ2) is 7.51. The molecular weight excluding hydrogens is 238 g/mol. The van der Waals surface area contributed by atoms with Crippen LogP contribution in [0.1, 0.15) is 44.2 Å². The molecule has 1 N–H and O–H groups in total. The minimum Gasteiger partial charge on any atom is -0.490 e. The van der Waals surface area contributed by atoms with Crippen molar-refractivity contribution >= 4 is 0 Å². The highest BCUT2D eigenvalue weighted by Crippen LogP contribution is 2.25. The summed E-state index contributed by atoms with van der Waals surface area (Å²) in [5.74, 6) is 1.000. The van der Waals surface area contributed by atoms with E-state index >= 15 is 0 Å². The Hall–Kier alpha value is -1.06. The number of benzene rings is 1. The van der Waals surface area contributed by atoms with Crippen molar-refractivity contribution in [1.29, 1.82) is 0 Å². The second-order valence-electron chi connectivity index (χ2n) is 5.26. The van der Waals surface area contributed by atoms with Gasteiger partial charge in [0.2, 0.25) is 0 Å². The maximum atomic E-state index is 5.97. The van der Waals surface area contributed by atoms with Crippen molar-refractivity contribution in [2.45, 2.75) is 44.8 Å². The Balaban J connectivity index is 1.82. The minimum absolute atomic E-state index is 0.343. The molecule has 1 unspecified atom stereocenters. The van der Waals surface area contributed by atoms with E-state index in [1.54, 1.807) is 7.11 Å². The summed E-state index contributed by atoms with van der Waals surface area (Å²) in [6.45, 7) is 3.79. The Labute approximate surface area is 116 Å². The lowest BCUT2D eigenvalue weighted by molar-refractivity contribution is 0.196. The first-order chi connectivity index (χ1) is 9.29. The zero-order chi connectivity index (χ0) is 13.5. The number of hydrogen-bond acceptors (Lipinski definition) is 3. The van der Waals surface area contributed by atoms with Crippen LogP contribution in [0, 0.1) is 0 Å². The summed E-state index contributed by atoms with van der Waals surface area (Å²) in [6, 6.07) is 8.81. The Morgan fingerprint density at radius 1 is 1.21 bits per heavy atom. The standard InChI is InChI=1S/C16H25NO2/c1-13(17-11-12-18-2)14-7-9-16(10-8-14)19-15-5-3-4-6-15/h7-10,13,15,17H,3-6,11-12H2,1-2H3. The normalized spacial score (nSPS) is 17.6. The van der Waals surface area contributed by atoms with E-state index in [-0.39, 0.29) is 0 Å². The third-order valence-corrected chi connectivity index (χ3v) is 3.74. The first-order valence-electron chi connectivity index (χ1n) is 7.28. The van der Waals surface area contributed by atoms with Crippen molar-refractivity contribution in [2.75, 3.05) is 20.3 Å². The number of hydrogen-bond donors (Lipinski definition) is 1. The summed E-state index contributed by atoms with van der Waals surface area (Å²) in [5, 5.41) is 3.43. The van der Waals surface area contributed by atoms with Crippen LogP contribution in [0.5, 0.6) is 5.75 Å². The van der Waals surface area contributed by atoms with Crippen LogP contribution in [0.25, 0.3) is 0 Å². The fraction of sp³-hybridized carbons (Fsp3) is 0.625. The van der Waals surface area contributed by atoms with Crippen molar-refractivity contribution in [3.8, 4) is 5.75 Å². The van der Waals surface area contributed by atoms with Crippen LogP contribution in [0.15, 0.2) is 24.3 Å². The van der Waals surface area contributed by atoms with Crippen molar-refractivity contribution in [3.05, 3.63) is 29.8 Å². The van der Waals surface area contributed by atoms with Gasteiger partial charge in [0, 0.05) is 19.7 Å². The molecule has 3 heteroatoms. The fourth-order valence-electron chi connectivity index (χ4n) is 2.53. The maximum Gasteiger partial charge on any atom is 0.119 e. The third-order valence-electron chi connectivity index (χ3n) is 3.74. The smallest absolute Gasteiger partial charge is 0.119 e. The monoisotopic (exact) mass is 263 g/mol. The SMILES string of the molecule is COCCNC(C)c1ccc(OC2CCCC2)cc1. The topological polar surface area (TPSA) is 30.5 Å². The van der Waals surface area contributed by atoms with E-state index in [9.17, 15) is 0 Å². The van der Waals surface area contributed by atoms with Crippen LogP contribution in [-0.4, -0.2) is 26.4 Å². The average molecular weight is 263 g/mol. The molecular formula is C16H25NO2. The molecule has 0 aromatic heterocycles.